The first kappa shape index (κ1) is 25.2. The quantitative estimate of drug-likeness (QED) is 0.425. The van der Waals surface area contributed by atoms with Gasteiger partial charge in [0.2, 0.25) is 5.91 Å². The summed E-state index contributed by atoms with van der Waals surface area (Å²) in [4.78, 5) is 46.1. The molecule has 0 saturated carbocycles. The molecule has 0 aliphatic heterocycles. The number of anilines is 3. The van der Waals surface area contributed by atoms with Crippen molar-refractivity contribution in [3.05, 3.63) is 56.3 Å². The van der Waals surface area contributed by atoms with E-state index < -0.39 is 11.2 Å². The van der Waals surface area contributed by atoms with Gasteiger partial charge in [0.1, 0.15) is 17.3 Å². The predicted octanol–water partition coefficient (Wildman–Crippen LogP) is 3.14. The summed E-state index contributed by atoms with van der Waals surface area (Å²) in [6.07, 6.45) is 0. The highest BCUT2D eigenvalue weighted by Crippen LogP contribution is 2.25. The number of hydrogen-bond donors (Lipinski definition) is 3. The molecule has 0 unspecified atom stereocenters. The van der Waals surface area contributed by atoms with Gasteiger partial charge in [0.05, 0.1) is 12.2 Å². The third-order valence-electron chi connectivity index (χ3n) is 4.89. The lowest BCUT2D eigenvalue weighted by Gasteiger charge is -2.27. The van der Waals surface area contributed by atoms with Gasteiger partial charge in [-0.2, -0.15) is 0 Å². The molecule has 0 saturated heterocycles. The van der Waals surface area contributed by atoms with Crippen molar-refractivity contribution >= 4 is 33.9 Å². The minimum atomic E-state index is -0.635. The molecule has 2 aromatic heterocycles. The van der Waals surface area contributed by atoms with Crippen LogP contribution in [0.25, 0.3) is 11.3 Å². The minimum absolute atomic E-state index is 0.0312. The maximum Gasteiger partial charge on any atom is 0.330 e. The molecule has 2 heterocycles. The van der Waals surface area contributed by atoms with Crippen LogP contribution in [0, 0.1) is 17.7 Å². The van der Waals surface area contributed by atoms with Gasteiger partial charge in [-0.25, -0.2) is 14.2 Å². The van der Waals surface area contributed by atoms with Crippen LogP contribution in [0.1, 0.15) is 27.7 Å². The average Bonchev–Trinajstić information content (AvgIpc) is 3.19. The second-order valence-corrected chi connectivity index (χ2v) is 9.72. The number of benzene rings is 1. The molecule has 3 aromatic rings. The lowest BCUT2D eigenvalue weighted by atomic mass is 10.2. The number of nitrogens with zero attached hydrogens (tertiary/aromatic N) is 3. The van der Waals surface area contributed by atoms with Gasteiger partial charge >= 0.3 is 5.69 Å². The SMILES string of the molecule is CC(C)CN(CC(=O)Nc1nc(-c2ccc(F)cc2)cs1)c1c(N)n(CC(C)C)c(=O)[nH]c1=O. The van der Waals surface area contributed by atoms with Crippen molar-refractivity contribution < 1.29 is 9.18 Å². The average molecular weight is 489 g/mol. The largest absolute Gasteiger partial charge is 0.383 e. The van der Waals surface area contributed by atoms with E-state index in [0.717, 1.165) is 5.56 Å². The molecule has 34 heavy (non-hydrogen) atoms. The van der Waals surface area contributed by atoms with E-state index in [0.29, 0.717) is 23.9 Å². The molecule has 0 atom stereocenters. The van der Waals surface area contributed by atoms with Crippen LogP contribution >= 0.6 is 11.3 Å². The zero-order valence-corrected chi connectivity index (χ0v) is 20.4. The summed E-state index contributed by atoms with van der Waals surface area (Å²) in [5.41, 5.74) is 6.47. The van der Waals surface area contributed by atoms with Crippen LogP contribution in [0.4, 0.5) is 21.0 Å². The number of halogens is 1. The lowest BCUT2D eigenvalue weighted by Crippen LogP contribution is -2.43. The molecule has 9 nitrogen and oxygen atoms in total. The Morgan fingerprint density at radius 2 is 1.88 bits per heavy atom. The van der Waals surface area contributed by atoms with E-state index in [1.54, 1.807) is 22.4 Å². The zero-order chi connectivity index (χ0) is 25.0. The van der Waals surface area contributed by atoms with Gasteiger partial charge in [-0.15, -0.1) is 11.3 Å². The summed E-state index contributed by atoms with van der Waals surface area (Å²) in [7, 11) is 0. The number of rotatable bonds is 9. The number of H-pyrrole nitrogens is 1. The number of carbonyl (C=O) groups excluding carboxylic acids is 1. The Balaban J connectivity index is 1.84. The van der Waals surface area contributed by atoms with Gasteiger partial charge < -0.3 is 16.0 Å². The van der Waals surface area contributed by atoms with E-state index in [2.05, 4.69) is 15.3 Å². The third kappa shape index (κ3) is 6.10. The minimum Gasteiger partial charge on any atom is -0.383 e. The molecular weight excluding hydrogens is 459 g/mol. The summed E-state index contributed by atoms with van der Waals surface area (Å²) < 4.78 is 14.5. The van der Waals surface area contributed by atoms with E-state index in [1.807, 2.05) is 27.7 Å². The summed E-state index contributed by atoms with van der Waals surface area (Å²) in [5, 5.41) is 4.88. The number of amides is 1. The van der Waals surface area contributed by atoms with Crippen LogP contribution in [0.15, 0.2) is 39.2 Å². The van der Waals surface area contributed by atoms with Crippen molar-refractivity contribution in [2.75, 3.05) is 29.0 Å². The molecular formula is C23H29FN6O3S. The van der Waals surface area contributed by atoms with Gasteiger partial charge in [-0.1, -0.05) is 27.7 Å². The first-order valence-corrected chi connectivity index (χ1v) is 11.8. The fourth-order valence-electron chi connectivity index (χ4n) is 3.52. The second kappa shape index (κ2) is 10.6. The highest BCUT2D eigenvalue weighted by Gasteiger charge is 2.22. The highest BCUT2D eigenvalue weighted by molar-refractivity contribution is 7.14. The maximum absolute atomic E-state index is 13.2. The van der Waals surface area contributed by atoms with Gasteiger partial charge in [0, 0.05) is 24.0 Å². The first-order chi connectivity index (χ1) is 16.0. The van der Waals surface area contributed by atoms with Gasteiger partial charge in [0.15, 0.2) is 5.13 Å². The van der Waals surface area contributed by atoms with Crippen molar-refractivity contribution in [2.45, 2.75) is 34.2 Å². The van der Waals surface area contributed by atoms with Crippen LogP contribution < -0.4 is 27.2 Å². The molecule has 0 fully saturated rings. The van der Waals surface area contributed by atoms with E-state index in [1.165, 1.54) is 28.0 Å². The summed E-state index contributed by atoms with van der Waals surface area (Å²) >= 11 is 1.24. The highest BCUT2D eigenvalue weighted by atomic mass is 32.1. The van der Waals surface area contributed by atoms with Crippen LogP contribution in [-0.4, -0.2) is 33.5 Å². The Labute approximate surface area is 200 Å². The number of aromatic nitrogens is 3. The lowest BCUT2D eigenvalue weighted by molar-refractivity contribution is -0.115. The number of nitrogen functional groups attached to an aromatic ring is 1. The number of nitrogens with two attached hydrogens (primary N) is 1. The molecule has 1 aromatic carbocycles. The van der Waals surface area contributed by atoms with Crippen LogP contribution in [0.2, 0.25) is 0 Å². The Kier molecular flexibility index (Phi) is 7.87. The normalized spacial score (nSPS) is 11.3. The van der Waals surface area contributed by atoms with Crippen molar-refractivity contribution in [3.63, 3.8) is 0 Å². The van der Waals surface area contributed by atoms with E-state index in [-0.39, 0.29) is 41.6 Å². The monoisotopic (exact) mass is 488 g/mol. The molecule has 3 rings (SSSR count). The molecule has 0 bridgehead atoms. The van der Waals surface area contributed by atoms with Gasteiger partial charge in [0.25, 0.3) is 5.56 Å². The predicted molar refractivity (Wildman–Crippen MR) is 134 cm³/mol. The molecule has 1 amide bonds. The number of carbonyl (C=O) groups is 1. The summed E-state index contributed by atoms with van der Waals surface area (Å²) in [6, 6.07) is 5.91. The zero-order valence-electron chi connectivity index (χ0n) is 19.6. The molecule has 0 radical (unpaired) electrons. The first-order valence-electron chi connectivity index (χ1n) is 10.9. The molecule has 0 spiro atoms. The maximum atomic E-state index is 13.2. The van der Waals surface area contributed by atoms with Crippen molar-refractivity contribution in [1.82, 2.24) is 14.5 Å². The second-order valence-electron chi connectivity index (χ2n) is 8.86. The fourth-order valence-corrected chi connectivity index (χ4v) is 4.26. The summed E-state index contributed by atoms with van der Waals surface area (Å²) in [5.74, 6) is -0.459. The van der Waals surface area contributed by atoms with Crippen LogP contribution in [0.3, 0.4) is 0 Å². The van der Waals surface area contributed by atoms with Gasteiger partial charge in [-0.05, 0) is 36.1 Å². The molecule has 182 valence electrons. The number of hydrogen-bond acceptors (Lipinski definition) is 7. The van der Waals surface area contributed by atoms with E-state index in [4.69, 9.17) is 5.73 Å². The molecule has 0 aliphatic rings. The molecule has 11 heteroatoms. The Morgan fingerprint density at radius 3 is 2.50 bits per heavy atom. The number of nitrogens with one attached hydrogen (secondary N) is 2. The smallest absolute Gasteiger partial charge is 0.330 e. The summed E-state index contributed by atoms with van der Waals surface area (Å²) in [6.45, 7) is 8.33. The van der Waals surface area contributed by atoms with Crippen LogP contribution in [0.5, 0.6) is 0 Å². The third-order valence-corrected chi connectivity index (χ3v) is 5.65. The fraction of sp³-hybridized carbons (Fsp3) is 0.391. The van der Waals surface area contributed by atoms with Crippen molar-refractivity contribution in [3.8, 4) is 11.3 Å². The molecule has 0 aliphatic carbocycles. The van der Waals surface area contributed by atoms with Crippen molar-refractivity contribution in [1.29, 1.82) is 0 Å². The topological polar surface area (TPSA) is 126 Å². The number of aromatic amines is 1. The van der Waals surface area contributed by atoms with Gasteiger partial charge in [-0.3, -0.25) is 19.1 Å². The molecule has 4 N–H and O–H groups in total. The Bertz CT molecular complexity index is 1260. The van der Waals surface area contributed by atoms with Crippen molar-refractivity contribution in [2.24, 2.45) is 11.8 Å². The Morgan fingerprint density at radius 1 is 1.21 bits per heavy atom. The number of thiazole rings is 1. The van der Waals surface area contributed by atoms with E-state index >= 15 is 0 Å². The van der Waals surface area contributed by atoms with E-state index in [9.17, 15) is 18.8 Å². The Hall–Kier alpha value is -3.47. The van der Waals surface area contributed by atoms with Crippen LogP contribution in [-0.2, 0) is 11.3 Å². The standard InChI is InChI=1S/C23H29FN6O3S/c1-13(2)9-29(19-20(25)30(10-14(3)4)23(33)28-21(19)32)11-18(31)27-22-26-17(12-34-22)15-5-7-16(24)8-6-15/h5-8,12-14H,9-11,25H2,1-4H3,(H,26,27,31)(H,28,32,33).